The highest BCUT2D eigenvalue weighted by Crippen LogP contribution is 2.45. The van der Waals surface area contributed by atoms with E-state index in [4.69, 9.17) is 4.52 Å². The van der Waals surface area contributed by atoms with Crippen LogP contribution in [0.2, 0.25) is 0 Å². The minimum Gasteiger partial charge on any atom is -0.339 e. The van der Waals surface area contributed by atoms with Crippen molar-refractivity contribution in [2.75, 3.05) is 19.6 Å². The van der Waals surface area contributed by atoms with Crippen LogP contribution in [-0.2, 0) is 11.2 Å². The Morgan fingerprint density at radius 3 is 2.97 bits per heavy atom. The Hall–Kier alpha value is -2.54. The number of pyridine rings is 1. The number of hydrogen-bond donors (Lipinski definition) is 0. The minimum atomic E-state index is 0.225. The Morgan fingerprint density at radius 1 is 1.16 bits per heavy atom. The van der Waals surface area contributed by atoms with E-state index < -0.39 is 0 Å². The molecule has 0 saturated carbocycles. The van der Waals surface area contributed by atoms with Crippen LogP contribution in [0.4, 0.5) is 0 Å². The number of amides is 1. The molecule has 0 N–H and O–H groups in total. The fourth-order valence-corrected chi connectivity index (χ4v) is 6.59. The maximum absolute atomic E-state index is 13.3. The van der Waals surface area contributed by atoms with Gasteiger partial charge in [-0.3, -0.25) is 14.7 Å². The van der Waals surface area contributed by atoms with Crippen LogP contribution in [0.5, 0.6) is 0 Å². The zero-order valence-corrected chi connectivity index (χ0v) is 18.5. The number of rotatable bonds is 4. The van der Waals surface area contributed by atoms with Crippen LogP contribution < -0.4 is 0 Å². The molecule has 2 aromatic rings. The molecule has 3 fully saturated rings. The molecule has 32 heavy (non-hydrogen) atoms. The molecule has 3 saturated heterocycles. The van der Waals surface area contributed by atoms with Gasteiger partial charge in [-0.1, -0.05) is 23.2 Å². The third-order valence-corrected chi connectivity index (χ3v) is 7.94. The van der Waals surface area contributed by atoms with Gasteiger partial charge in [0.2, 0.25) is 17.6 Å². The molecule has 2 aromatic heterocycles. The summed E-state index contributed by atoms with van der Waals surface area (Å²) in [5, 5.41) is 4.07. The number of carbonyl (C=O) groups is 1. The zero-order chi connectivity index (χ0) is 21.5. The van der Waals surface area contributed by atoms with Gasteiger partial charge in [0.15, 0.2) is 0 Å². The van der Waals surface area contributed by atoms with Crippen LogP contribution in [-0.4, -0.2) is 62.5 Å². The molecular weight excluding hydrogens is 402 g/mol. The molecule has 4 aliphatic rings. The summed E-state index contributed by atoms with van der Waals surface area (Å²) in [6, 6.07) is 4.75. The molecule has 7 heteroatoms. The number of aromatic nitrogens is 3. The summed E-state index contributed by atoms with van der Waals surface area (Å²) in [5.74, 6) is 2.58. The van der Waals surface area contributed by atoms with Crippen LogP contribution >= 0.6 is 0 Å². The molecule has 0 unspecified atom stereocenters. The van der Waals surface area contributed by atoms with E-state index in [9.17, 15) is 4.79 Å². The first-order chi connectivity index (χ1) is 15.8. The van der Waals surface area contributed by atoms with Gasteiger partial charge in [0, 0.05) is 49.9 Å². The molecule has 3 aliphatic heterocycles. The third-order valence-electron chi connectivity index (χ3n) is 7.94. The SMILES string of the molecule is O=C(CCc1nc(-c2ccncc2)no1)N1CCCC2=C[C@H]3C[C@H](CN4CCCC[C@H]34)[C@@H]21. The Balaban J connectivity index is 1.15. The van der Waals surface area contributed by atoms with Crippen molar-refractivity contribution in [2.24, 2.45) is 11.8 Å². The van der Waals surface area contributed by atoms with Crippen molar-refractivity contribution in [1.82, 2.24) is 24.9 Å². The highest BCUT2D eigenvalue weighted by atomic mass is 16.5. The summed E-state index contributed by atoms with van der Waals surface area (Å²) >= 11 is 0. The summed E-state index contributed by atoms with van der Waals surface area (Å²) in [6.07, 6.45) is 14.4. The molecule has 2 bridgehead atoms. The van der Waals surface area contributed by atoms with Gasteiger partial charge in [0.05, 0.1) is 6.04 Å². The quantitative estimate of drug-likeness (QED) is 0.687. The average Bonchev–Trinajstić information content (AvgIpc) is 3.32. The lowest BCUT2D eigenvalue weighted by Crippen LogP contribution is -2.60. The van der Waals surface area contributed by atoms with Crippen LogP contribution in [0, 0.1) is 11.8 Å². The van der Waals surface area contributed by atoms with Gasteiger partial charge in [-0.15, -0.1) is 0 Å². The van der Waals surface area contributed by atoms with Gasteiger partial charge in [0.25, 0.3) is 0 Å². The van der Waals surface area contributed by atoms with Crippen molar-refractivity contribution in [3.63, 3.8) is 0 Å². The second-order valence-electron chi connectivity index (χ2n) is 9.84. The second-order valence-corrected chi connectivity index (χ2v) is 9.84. The smallest absolute Gasteiger partial charge is 0.227 e. The summed E-state index contributed by atoms with van der Waals surface area (Å²) in [7, 11) is 0. The van der Waals surface area contributed by atoms with Crippen LogP contribution in [0.1, 0.15) is 50.8 Å². The fourth-order valence-electron chi connectivity index (χ4n) is 6.59. The van der Waals surface area contributed by atoms with E-state index in [0.717, 1.165) is 37.5 Å². The lowest BCUT2D eigenvalue weighted by molar-refractivity contribution is -0.136. The molecule has 4 atom stereocenters. The van der Waals surface area contributed by atoms with Gasteiger partial charge in [-0.05, 0) is 62.6 Å². The number of aryl methyl sites for hydroxylation is 1. The first-order valence-electron chi connectivity index (χ1n) is 12.2. The molecule has 1 amide bonds. The highest BCUT2D eigenvalue weighted by Gasteiger charge is 2.46. The zero-order valence-electron chi connectivity index (χ0n) is 18.5. The van der Waals surface area contributed by atoms with Gasteiger partial charge in [0.1, 0.15) is 0 Å². The average molecular weight is 434 g/mol. The molecule has 0 aromatic carbocycles. The molecule has 7 nitrogen and oxygen atoms in total. The van der Waals surface area contributed by atoms with E-state index in [1.165, 1.54) is 37.8 Å². The van der Waals surface area contributed by atoms with Gasteiger partial charge in [-0.25, -0.2) is 0 Å². The Morgan fingerprint density at radius 2 is 2.06 bits per heavy atom. The number of carbonyl (C=O) groups excluding carboxylic acids is 1. The number of hydrogen-bond acceptors (Lipinski definition) is 6. The van der Waals surface area contributed by atoms with Crippen molar-refractivity contribution in [3.8, 4) is 11.4 Å². The summed E-state index contributed by atoms with van der Waals surface area (Å²) in [5.41, 5.74) is 2.41. The van der Waals surface area contributed by atoms with E-state index >= 15 is 0 Å². The van der Waals surface area contributed by atoms with Crippen LogP contribution in [0.15, 0.2) is 40.7 Å². The maximum Gasteiger partial charge on any atom is 0.227 e. The number of piperidine rings is 3. The highest BCUT2D eigenvalue weighted by molar-refractivity contribution is 5.77. The molecule has 6 rings (SSSR count). The van der Waals surface area contributed by atoms with E-state index in [2.05, 4.69) is 31.0 Å². The predicted molar refractivity (Wildman–Crippen MR) is 119 cm³/mol. The molecule has 0 radical (unpaired) electrons. The standard InChI is InChI=1S/C25H31N5O2/c31-23(7-6-22-27-25(28-32-22)17-8-10-26-11-9-17)30-13-3-4-18-14-19-15-20(24(18)30)16-29-12-2-1-5-21(19)29/h8-11,14,19-21,24H,1-7,12-13,15-16H2/t19-,20+,21+,24+/m0/s1. The minimum absolute atomic E-state index is 0.225. The number of likely N-dealkylation sites (tertiary alicyclic amines) is 1. The monoisotopic (exact) mass is 433 g/mol. The normalized spacial score (nSPS) is 29.8. The van der Waals surface area contributed by atoms with Crippen molar-refractivity contribution in [3.05, 3.63) is 42.1 Å². The molecule has 1 aliphatic carbocycles. The largest absolute Gasteiger partial charge is 0.339 e. The van der Waals surface area contributed by atoms with E-state index in [1.54, 1.807) is 12.4 Å². The third kappa shape index (κ3) is 3.66. The summed E-state index contributed by atoms with van der Waals surface area (Å²) in [6.45, 7) is 3.27. The number of nitrogens with zero attached hydrogens (tertiary/aromatic N) is 5. The van der Waals surface area contributed by atoms with Gasteiger partial charge in [-0.2, -0.15) is 4.98 Å². The van der Waals surface area contributed by atoms with Gasteiger partial charge < -0.3 is 9.42 Å². The Labute approximate surface area is 188 Å². The Kier molecular flexibility index (Phi) is 5.29. The fraction of sp³-hybridized carbons (Fsp3) is 0.600. The molecule has 0 spiro atoms. The van der Waals surface area contributed by atoms with E-state index in [1.807, 2.05) is 12.1 Å². The molecular formula is C25H31N5O2. The van der Waals surface area contributed by atoms with Crippen molar-refractivity contribution in [1.29, 1.82) is 0 Å². The summed E-state index contributed by atoms with van der Waals surface area (Å²) in [4.78, 5) is 26.7. The van der Waals surface area contributed by atoms with Crippen LogP contribution in [0.25, 0.3) is 11.4 Å². The topological polar surface area (TPSA) is 75.4 Å². The first kappa shape index (κ1) is 20.1. The Bertz CT molecular complexity index is 1000. The summed E-state index contributed by atoms with van der Waals surface area (Å²) < 4.78 is 5.42. The lowest BCUT2D eigenvalue weighted by atomic mass is 9.68. The van der Waals surface area contributed by atoms with Crippen molar-refractivity contribution in [2.45, 2.75) is 63.5 Å². The number of fused-ring (bicyclic) bond motifs is 6. The van der Waals surface area contributed by atoms with E-state index in [-0.39, 0.29) is 5.91 Å². The van der Waals surface area contributed by atoms with Gasteiger partial charge >= 0.3 is 0 Å². The van der Waals surface area contributed by atoms with Crippen molar-refractivity contribution < 1.29 is 9.32 Å². The lowest BCUT2D eigenvalue weighted by Gasteiger charge is -2.54. The first-order valence-corrected chi connectivity index (χ1v) is 12.2. The van der Waals surface area contributed by atoms with E-state index in [0.29, 0.717) is 42.4 Å². The maximum atomic E-state index is 13.3. The molecule has 5 heterocycles. The van der Waals surface area contributed by atoms with Crippen LogP contribution in [0.3, 0.4) is 0 Å². The second kappa shape index (κ2) is 8.43. The van der Waals surface area contributed by atoms with Crippen molar-refractivity contribution >= 4 is 5.91 Å². The molecule has 168 valence electrons. The predicted octanol–water partition coefficient (Wildman–Crippen LogP) is 3.49.